The highest BCUT2D eigenvalue weighted by molar-refractivity contribution is 5.67. The Bertz CT molecular complexity index is 595. The van der Waals surface area contributed by atoms with Gasteiger partial charge in [0.1, 0.15) is 11.8 Å². The van der Waals surface area contributed by atoms with E-state index in [1.807, 2.05) is 18.2 Å². The average Bonchev–Trinajstić information content (AvgIpc) is 2.71. The Kier molecular flexibility index (Phi) is 2.71. The minimum Gasteiger partial charge on any atom is -0.495 e. The van der Waals surface area contributed by atoms with Crippen LogP contribution in [0.25, 0.3) is 11.3 Å². The van der Waals surface area contributed by atoms with Crippen LogP contribution in [0.4, 0.5) is 5.69 Å². The van der Waals surface area contributed by atoms with E-state index in [1.54, 1.807) is 31.0 Å². The minimum absolute atomic E-state index is 0.371. The van der Waals surface area contributed by atoms with Crippen LogP contribution in [0.3, 0.4) is 0 Å². The van der Waals surface area contributed by atoms with Crippen molar-refractivity contribution in [1.82, 2.24) is 9.55 Å². The molecule has 86 valence electrons. The molecule has 0 atom stereocenters. The predicted octanol–water partition coefficient (Wildman–Crippen LogP) is 1.55. The van der Waals surface area contributed by atoms with Gasteiger partial charge in [0.15, 0.2) is 0 Å². The first kappa shape index (κ1) is 11.0. The third-order valence-corrected chi connectivity index (χ3v) is 2.62. The highest BCUT2D eigenvalue weighted by Crippen LogP contribution is 2.28. The minimum atomic E-state index is 0.371. The predicted molar refractivity (Wildman–Crippen MR) is 64.3 cm³/mol. The first-order valence-electron chi connectivity index (χ1n) is 5.03. The van der Waals surface area contributed by atoms with Crippen molar-refractivity contribution < 1.29 is 4.74 Å². The van der Waals surface area contributed by atoms with Crippen LogP contribution in [-0.4, -0.2) is 16.7 Å². The first-order chi connectivity index (χ1) is 8.17. The Labute approximate surface area is 99.1 Å². The molecular formula is C12H12N4O. The number of methoxy groups -OCH3 is 1. The summed E-state index contributed by atoms with van der Waals surface area (Å²) in [5, 5.41) is 8.85. The summed E-state index contributed by atoms with van der Waals surface area (Å²) in [5.41, 5.74) is 8.09. The van der Waals surface area contributed by atoms with E-state index in [0.29, 0.717) is 17.3 Å². The first-order valence-corrected chi connectivity index (χ1v) is 5.03. The summed E-state index contributed by atoms with van der Waals surface area (Å²) in [5.74, 6) is 0.984. The van der Waals surface area contributed by atoms with Gasteiger partial charge in [-0.1, -0.05) is 6.07 Å². The Morgan fingerprint density at radius 1 is 1.47 bits per heavy atom. The van der Waals surface area contributed by atoms with Crippen LogP contribution in [0.1, 0.15) is 5.82 Å². The molecule has 1 aromatic heterocycles. The number of aromatic nitrogens is 2. The summed E-state index contributed by atoms with van der Waals surface area (Å²) in [6.07, 6.45) is 1.66. The van der Waals surface area contributed by atoms with Crippen molar-refractivity contribution in [2.45, 2.75) is 0 Å². The number of benzene rings is 1. The van der Waals surface area contributed by atoms with Gasteiger partial charge in [0, 0.05) is 12.6 Å². The van der Waals surface area contributed by atoms with Gasteiger partial charge in [-0.15, -0.1) is 0 Å². The Balaban J connectivity index is 2.54. The van der Waals surface area contributed by atoms with Crippen molar-refractivity contribution in [2.24, 2.45) is 7.05 Å². The van der Waals surface area contributed by atoms with Crippen molar-refractivity contribution in [1.29, 1.82) is 5.26 Å². The van der Waals surface area contributed by atoms with Gasteiger partial charge in [0.25, 0.3) is 0 Å². The van der Waals surface area contributed by atoms with Crippen molar-refractivity contribution in [3.8, 4) is 23.1 Å². The highest BCUT2D eigenvalue weighted by Gasteiger charge is 2.09. The molecular weight excluding hydrogens is 216 g/mol. The smallest absolute Gasteiger partial charge is 0.212 e. The molecule has 0 unspecified atom stereocenters. The number of rotatable bonds is 2. The zero-order valence-corrected chi connectivity index (χ0v) is 9.64. The molecule has 0 spiro atoms. The maximum Gasteiger partial charge on any atom is 0.212 e. The lowest BCUT2D eigenvalue weighted by Crippen LogP contribution is -1.97. The highest BCUT2D eigenvalue weighted by atomic mass is 16.5. The fourth-order valence-electron chi connectivity index (χ4n) is 1.65. The van der Waals surface area contributed by atoms with Crippen LogP contribution in [-0.2, 0) is 7.05 Å². The third-order valence-electron chi connectivity index (χ3n) is 2.62. The molecule has 2 rings (SSSR count). The Hall–Kier alpha value is -2.48. The standard InChI is InChI=1S/C12H12N4O/c1-16-10(7-15-12(16)6-13)8-3-4-9(14)11(5-8)17-2/h3-5,7H,14H2,1-2H3. The second-order valence-corrected chi connectivity index (χ2v) is 3.59. The molecule has 0 bridgehead atoms. The summed E-state index contributed by atoms with van der Waals surface area (Å²) >= 11 is 0. The lowest BCUT2D eigenvalue weighted by Gasteiger charge is -2.08. The number of nitrogen functional groups attached to an aromatic ring is 1. The van der Waals surface area contributed by atoms with E-state index in [1.165, 1.54) is 0 Å². The molecule has 0 fully saturated rings. The molecule has 0 aliphatic rings. The second-order valence-electron chi connectivity index (χ2n) is 3.59. The van der Waals surface area contributed by atoms with E-state index >= 15 is 0 Å². The van der Waals surface area contributed by atoms with Crippen LogP contribution in [0.2, 0.25) is 0 Å². The fraction of sp³-hybridized carbons (Fsp3) is 0.167. The summed E-state index contributed by atoms with van der Waals surface area (Å²) in [7, 11) is 3.36. The molecule has 0 saturated heterocycles. The second kappa shape index (κ2) is 4.18. The molecule has 0 aliphatic carbocycles. The fourth-order valence-corrected chi connectivity index (χ4v) is 1.65. The van der Waals surface area contributed by atoms with Gasteiger partial charge >= 0.3 is 0 Å². The number of hydrogen-bond donors (Lipinski definition) is 1. The van der Waals surface area contributed by atoms with Crippen LogP contribution < -0.4 is 10.5 Å². The van der Waals surface area contributed by atoms with Crippen molar-refractivity contribution >= 4 is 5.69 Å². The average molecular weight is 228 g/mol. The summed E-state index contributed by atoms with van der Waals surface area (Å²) in [4.78, 5) is 4.02. The Morgan fingerprint density at radius 3 is 2.82 bits per heavy atom. The number of nitrogens with zero attached hydrogens (tertiary/aromatic N) is 3. The molecule has 0 aliphatic heterocycles. The van der Waals surface area contributed by atoms with E-state index in [-0.39, 0.29) is 0 Å². The van der Waals surface area contributed by atoms with Gasteiger partial charge in [0.05, 0.1) is 24.7 Å². The van der Waals surface area contributed by atoms with E-state index in [2.05, 4.69) is 4.98 Å². The van der Waals surface area contributed by atoms with E-state index < -0.39 is 0 Å². The normalized spacial score (nSPS) is 9.94. The number of nitriles is 1. The SMILES string of the molecule is COc1cc(-c2cnc(C#N)n2C)ccc1N. The van der Waals surface area contributed by atoms with Gasteiger partial charge in [-0.2, -0.15) is 5.26 Å². The van der Waals surface area contributed by atoms with Crippen LogP contribution >= 0.6 is 0 Å². The third kappa shape index (κ3) is 1.81. The molecule has 0 saturated carbocycles. The zero-order chi connectivity index (χ0) is 12.4. The maximum atomic E-state index is 8.85. The van der Waals surface area contributed by atoms with Gasteiger partial charge in [-0.05, 0) is 12.1 Å². The van der Waals surface area contributed by atoms with Crippen LogP contribution in [0.15, 0.2) is 24.4 Å². The molecule has 2 N–H and O–H groups in total. The molecule has 5 heteroatoms. The number of anilines is 1. The van der Waals surface area contributed by atoms with Gasteiger partial charge in [-0.3, -0.25) is 0 Å². The van der Waals surface area contributed by atoms with Crippen molar-refractivity contribution in [3.05, 3.63) is 30.2 Å². The van der Waals surface area contributed by atoms with E-state index in [4.69, 9.17) is 15.7 Å². The molecule has 0 amide bonds. The van der Waals surface area contributed by atoms with Gasteiger partial charge in [-0.25, -0.2) is 4.98 Å². The molecule has 17 heavy (non-hydrogen) atoms. The topological polar surface area (TPSA) is 76.9 Å². The molecule has 1 aromatic carbocycles. The quantitative estimate of drug-likeness (QED) is 0.791. The van der Waals surface area contributed by atoms with Crippen molar-refractivity contribution in [3.63, 3.8) is 0 Å². The lowest BCUT2D eigenvalue weighted by atomic mass is 10.1. The number of hydrogen-bond acceptors (Lipinski definition) is 4. The Morgan fingerprint density at radius 2 is 2.24 bits per heavy atom. The van der Waals surface area contributed by atoms with Crippen molar-refractivity contribution in [2.75, 3.05) is 12.8 Å². The monoisotopic (exact) mass is 228 g/mol. The van der Waals surface area contributed by atoms with Gasteiger partial charge in [0.2, 0.25) is 5.82 Å². The molecule has 2 aromatic rings. The zero-order valence-electron chi connectivity index (χ0n) is 9.64. The summed E-state index contributed by atoms with van der Waals surface area (Å²) in [6.45, 7) is 0. The summed E-state index contributed by atoms with van der Waals surface area (Å²) < 4.78 is 6.89. The maximum absolute atomic E-state index is 8.85. The lowest BCUT2D eigenvalue weighted by molar-refractivity contribution is 0.417. The number of imidazole rings is 1. The molecule has 5 nitrogen and oxygen atoms in total. The number of nitrogens with two attached hydrogens (primary N) is 1. The molecule has 1 heterocycles. The van der Waals surface area contributed by atoms with E-state index in [0.717, 1.165) is 11.3 Å². The van der Waals surface area contributed by atoms with Crippen LogP contribution in [0, 0.1) is 11.3 Å². The van der Waals surface area contributed by atoms with Crippen LogP contribution in [0.5, 0.6) is 5.75 Å². The van der Waals surface area contributed by atoms with E-state index in [9.17, 15) is 0 Å². The number of ether oxygens (including phenoxy) is 1. The summed E-state index contributed by atoms with van der Waals surface area (Å²) in [6, 6.07) is 7.49. The molecule has 0 radical (unpaired) electrons. The largest absolute Gasteiger partial charge is 0.495 e. The van der Waals surface area contributed by atoms with Gasteiger partial charge < -0.3 is 15.0 Å².